The van der Waals surface area contributed by atoms with Crippen molar-refractivity contribution in [1.29, 1.82) is 0 Å². The molecule has 0 saturated heterocycles. The monoisotopic (exact) mass is 373 g/mol. The smallest absolute Gasteiger partial charge is 0.266 e. The van der Waals surface area contributed by atoms with Crippen molar-refractivity contribution >= 4 is 15.7 Å². The van der Waals surface area contributed by atoms with E-state index in [1.807, 2.05) is 12.1 Å². The molecule has 0 bridgehead atoms. The first kappa shape index (κ1) is 17.7. The Hall–Kier alpha value is -3.11. The predicted octanol–water partition coefficient (Wildman–Crippen LogP) is 1.87. The van der Waals surface area contributed by atoms with Crippen LogP contribution in [0.2, 0.25) is 0 Å². The van der Waals surface area contributed by atoms with Crippen LogP contribution >= 0.6 is 0 Å². The fourth-order valence-electron chi connectivity index (χ4n) is 2.38. The fourth-order valence-corrected chi connectivity index (χ4v) is 3.42. The Morgan fingerprint density at radius 3 is 2.69 bits per heavy atom. The minimum absolute atomic E-state index is 0.0499. The number of aryl methyl sites for hydroxylation is 1. The maximum atomic E-state index is 12.4. The van der Waals surface area contributed by atoms with Gasteiger partial charge >= 0.3 is 0 Å². The van der Waals surface area contributed by atoms with Crippen molar-refractivity contribution in [2.75, 3.05) is 0 Å². The van der Waals surface area contributed by atoms with E-state index in [9.17, 15) is 18.5 Å². The van der Waals surface area contributed by atoms with E-state index < -0.39 is 14.9 Å². The highest BCUT2D eigenvalue weighted by Crippen LogP contribution is 2.19. The van der Waals surface area contributed by atoms with Gasteiger partial charge in [0.15, 0.2) is 0 Å². The lowest BCUT2D eigenvalue weighted by Crippen LogP contribution is -2.23. The second-order valence-electron chi connectivity index (χ2n) is 5.44. The molecule has 134 valence electrons. The van der Waals surface area contributed by atoms with Gasteiger partial charge in [0.05, 0.1) is 33.4 Å². The summed E-state index contributed by atoms with van der Waals surface area (Å²) in [4.78, 5) is 14.2. The quantitative estimate of drug-likeness (QED) is 0.520. The van der Waals surface area contributed by atoms with Crippen molar-refractivity contribution in [1.82, 2.24) is 19.5 Å². The van der Waals surface area contributed by atoms with Crippen LogP contribution in [0, 0.1) is 10.1 Å². The molecule has 9 nitrogen and oxygen atoms in total. The van der Waals surface area contributed by atoms with Crippen LogP contribution in [0.1, 0.15) is 5.69 Å². The number of sulfonamides is 1. The zero-order valence-electron chi connectivity index (χ0n) is 13.7. The Kier molecular flexibility index (Phi) is 4.78. The first-order chi connectivity index (χ1) is 12.4. The predicted molar refractivity (Wildman–Crippen MR) is 93.6 cm³/mol. The normalized spacial score (nSPS) is 11.4. The molecule has 3 rings (SSSR count). The van der Waals surface area contributed by atoms with Gasteiger partial charge in [0, 0.05) is 25.4 Å². The fraction of sp³-hybridized carbons (Fsp3) is 0.125. The third kappa shape index (κ3) is 3.76. The number of non-ortho nitro benzene ring substituents is 1. The molecule has 1 aromatic carbocycles. The van der Waals surface area contributed by atoms with Crippen LogP contribution in [-0.4, -0.2) is 28.1 Å². The molecule has 2 heterocycles. The van der Waals surface area contributed by atoms with E-state index in [1.165, 1.54) is 18.2 Å². The zero-order valence-corrected chi connectivity index (χ0v) is 14.5. The number of nitro groups is 1. The van der Waals surface area contributed by atoms with Gasteiger partial charge < -0.3 is 0 Å². The van der Waals surface area contributed by atoms with Crippen molar-refractivity contribution in [2.45, 2.75) is 11.4 Å². The van der Waals surface area contributed by atoms with Crippen molar-refractivity contribution in [3.63, 3.8) is 0 Å². The Morgan fingerprint density at radius 1 is 1.19 bits per heavy atom. The SMILES string of the molecule is Cn1nc(CNS(=O)(=O)c2cccc([N+](=O)[O-])c2)cc1-c1ccccn1. The number of pyridine rings is 1. The van der Waals surface area contributed by atoms with Crippen molar-refractivity contribution in [3.8, 4) is 11.4 Å². The molecule has 0 amide bonds. The van der Waals surface area contributed by atoms with Crippen LogP contribution in [-0.2, 0) is 23.6 Å². The topological polar surface area (TPSA) is 120 Å². The molecule has 0 spiro atoms. The Labute approximate surface area is 149 Å². The molecule has 0 aliphatic rings. The molecule has 2 aromatic heterocycles. The van der Waals surface area contributed by atoms with Crippen LogP contribution in [0.3, 0.4) is 0 Å². The Bertz CT molecular complexity index is 1050. The summed E-state index contributed by atoms with van der Waals surface area (Å²) in [6, 6.07) is 12.1. The number of hydrogen-bond donors (Lipinski definition) is 1. The molecule has 0 atom stereocenters. The van der Waals surface area contributed by atoms with Crippen LogP contribution in [0.4, 0.5) is 5.69 Å². The minimum atomic E-state index is -3.90. The third-order valence-electron chi connectivity index (χ3n) is 3.64. The Morgan fingerprint density at radius 2 is 2.00 bits per heavy atom. The highest BCUT2D eigenvalue weighted by atomic mass is 32.2. The lowest BCUT2D eigenvalue weighted by atomic mass is 10.2. The highest BCUT2D eigenvalue weighted by molar-refractivity contribution is 7.89. The summed E-state index contributed by atoms with van der Waals surface area (Å²) >= 11 is 0. The maximum Gasteiger partial charge on any atom is 0.270 e. The molecule has 1 N–H and O–H groups in total. The van der Waals surface area contributed by atoms with Crippen molar-refractivity contribution < 1.29 is 13.3 Å². The number of nitrogens with zero attached hydrogens (tertiary/aromatic N) is 4. The average molecular weight is 373 g/mol. The highest BCUT2D eigenvalue weighted by Gasteiger charge is 2.18. The second kappa shape index (κ2) is 7.02. The van der Waals surface area contributed by atoms with E-state index in [4.69, 9.17) is 0 Å². The molecule has 26 heavy (non-hydrogen) atoms. The van der Waals surface area contributed by atoms with Gasteiger partial charge in [0.1, 0.15) is 0 Å². The molecule has 0 saturated carbocycles. The summed E-state index contributed by atoms with van der Waals surface area (Å²) in [6.07, 6.45) is 1.66. The van der Waals surface area contributed by atoms with E-state index in [-0.39, 0.29) is 17.1 Å². The number of nitrogens with one attached hydrogen (secondary N) is 1. The minimum Gasteiger partial charge on any atom is -0.266 e. The van der Waals surface area contributed by atoms with Crippen LogP contribution < -0.4 is 4.72 Å². The first-order valence-electron chi connectivity index (χ1n) is 7.55. The molecular weight excluding hydrogens is 358 g/mol. The lowest BCUT2D eigenvalue weighted by Gasteiger charge is -2.05. The van der Waals surface area contributed by atoms with E-state index in [2.05, 4.69) is 14.8 Å². The molecule has 0 radical (unpaired) electrons. The summed E-state index contributed by atoms with van der Waals surface area (Å²) in [7, 11) is -2.16. The standard InChI is InChI=1S/C16H15N5O4S/c1-20-16(15-7-2-3-8-17-15)9-12(19-20)11-18-26(24,25)14-6-4-5-13(10-14)21(22)23/h2-10,18H,11H2,1H3. The van der Waals surface area contributed by atoms with Crippen LogP contribution in [0.15, 0.2) is 59.6 Å². The van der Waals surface area contributed by atoms with Gasteiger partial charge in [0.25, 0.3) is 5.69 Å². The maximum absolute atomic E-state index is 12.4. The first-order valence-corrected chi connectivity index (χ1v) is 9.03. The van der Waals surface area contributed by atoms with Crippen LogP contribution in [0.25, 0.3) is 11.4 Å². The van der Waals surface area contributed by atoms with Gasteiger partial charge in [-0.1, -0.05) is 12.1 Å². The number of benzene rings is 1. The van der Waals surface area contributed by atoms with E-state index in [0.29, 0.717) is 5.69 Å². The largest absolute Gasteiger partial charge is 0.270 e. The van der Waals surface area contributed by atoms with E-state index in [0.717, 1.165) is 17.5 Å². The summed E-state index contributed by atoms with van der Waals surface area (Å²) in [5.74, 6) is 0. The van der Waals surface area contributed by atoms with Crippen molar-refractivity contribution in [2.24, 2.45) is 7.05 Å². The van der Waals surface area contributed by atoms with Crippen LogP contribution in [0.5, 0.6) is 0 Å². The van der Waals surface area contributed by atoms with Gasteiger partial charge in [0.2, 0.25) is 10.0 Å². The molecule has 10 heteroatoms. The van der Waals surface area contributed by atoms with E-state index in [1.54, 1.807) is 30.1 Å². The molecule has 0 unspecified atom stereocenters. The number of hydrogen-bond acceptors (Lipinski definition) is 6. The number of aromatic nitrogens is 3. The second-order valence-corrected chi connectivity index (χ2v) is 7.21. The lowest BCUT2D eigenvalue weighted by molar-refractivity contribution is -0.385. The van der Waals surface area contributed by atoms with Gasteiger partial charge in [-0.3, -0.25) is 19.8 Å². The van der Waals surface area contributed by atoms with Gasteiger partial charge in [-0.2, -0.15) is 5.10 Å². The van der Waals surface area contributed by atoms with E-state index >= 15 is 0 Å². The van der Waals surface area contributed by atoms with Gasteiger partial charge in [-0.25, -0.2) is 13.1 Å². The zero-order chi connectivity index (χ0) is 18.7. The van der Waals surface area contributed by atoms with Crippen molar-refractivity contribution in [3.05, 3.63) is 70.5 Å². The average Bonchev–Trinajstić information content (AvgIpc) is 3.02. The Balaban J connectivity index is 1.79. The molecule has 0 aliphatic carbocycles. The number of rotatable bonds is 6. The molecular formula is C16H15N5O4S. The van der Waals surface area contributed by atoms with Gasteiger partial charge in [-0.05, 0) is 24.3 Å². The molecule has 0 aliphatic heterocycles. The summed E-state index contributed by atoms with van der Waals surface area (Å²) in [6.45, 7) is -0.0499. The molecule has 0 fully saturated rings. The summed E-state index contributed by atoms with van der Waals surface area (Å²) in [5, 5.41) is 15.1. The third-order valence-corrected chi connectivity index (χ3v) is 5.04. The molecule has 3 aromatic rings. The summed E-state index contributed by atoms with van der Waals surface area (Å²) < 4.78 is 28.7. The van der Waals surface area contributed by atoms with Gasteiger partial charge in [-0.15, -0.1) is 0 Å². The number of nitro benzene ring substituents is 1. The summed E-state index contributed by atoms with van der Waals surface area (Å²) in [5.41, 5.74) is 1.68.